The molecule has 194 valence electrons. The number of aromatic nitrogens is 4. The summed E-state index contributed by atoms with van der Waals surface area (Å²) in [5, 5.41) is 8.54. The topological polar surface area (TPSA) is 105 Å². The maximum Gasteiger partial charge on any atom is 0.240 e. The predicted molar refractivity (Wildman–Crippen MR) is 146 cm³/mol. The highest BCUT2D eigenvalue weighted by Crippen LogP contribution is 2.24. The SMILES string of the molecule is CCCn1cc(-c2ccc3cnc(Nc4ccc(S(=O)(=O)NCCN5CCCCC5)cc4)nc3c2)cn1. The van der Waals surface area contributed by atoms with E-state index in [1.54, 1.807) is 30.5 Å². The van der Waals surface area contributed by atoms with Crippen LogP contribution in [-0.2, 0) is 16.6 Å². The second-order valence-electron chi connectivity index (χ2n) is 9.41. The molecule has 0 saturated carbocycles. The molecule has 5 rings (SSSR count). The number of aryl methyl sites for hydroxylation is 1. The van der Waals surface area contributed by atoms with E-state index < -0.39 is 10.0 Å². The van der Waals surface area contributed by atoms with Crippen molar-refractivity contribution in [3.63, 3.8) is 0 Å². The molecule has 0 unspecified atom stereocenters. The molecule has 0 amide bonds. The molecule has 2 N–H and O–H groups in total. The van der Waals surface area contributed by atoms with Gasteiger partial charge in [0, 0.05) is 48.7 Å². The molecule has 3 heterocycles. The van der Waals surface area contributed by atoms with Crippen LogP contribution in [0.4, 0.5) is 11.6 Å². The molecule has 2 aromatic carbocycles. The lowest BCUT2D eigenvalue weighted by Gasteiger charge is -2.26. The average molecular weight is 520 g/mol. The van der Waals surface area contributed by atoms with Crippen LogP contribution in [0.1, 0.15) is 32.6 Å². The summed E-state index contributed by atoms with van der Waals surface area (Å²) >= 11 is 0. The maximum atomic E-state index is 12.7. The molecule has 10 heteroatoms. The number of nitrogens with zero attached hydrogens (tertiary/aromatic N) is 5. The van der Waals surface area contributed by atoms with Crippen molar-refractivity contribution in [1.82, 2.24) is 29.4 Å². The molecule has 1 saturated heterocycles. The van der Waals surface area contributed by atoms with Crippen molar-refractivity contribution in [3.8, 4) is 11.1 Å². The highest BCUT2D eigenvalue weighted by atomic mass is 32.2. The van der Waals surface area contributed by atoms with Gasteiger partial charge < -0.3 is 10.2 Å². The van der Waals surface area contributed by atoms with Crippen molar-refractivity contribution in [2.24, 2.45) is 0 Å². The largest absolute Gasteiger partial charge is 0.324 e. The number of nitrogens with one attached hydrogen (secondary N) is 2. The van der Waals surface area contributed by atoms with Crippen LogP contribution in [0.25, 0.3) is 22.0 Å². The molecular weight excluding hydrogens is 486 g/mol. The van der Waals surface area contributed by atoms with Gasteiger partial charge in [0.25, 0.3) is 0 Å². The molecule has 1 aliphatic rings. The molecule has 9 nitrogen and oxygen atoms in total. The zero-order valence-corrected chi connectivity index (χ0v) is 21.9. The minimum absolute atomic E-state index is 0.240. The van der Waals surface area contributed by atoms with Crippen LogP contribution in [-0.4, -0.2) is 59.2 Å². The number of sulfonamides is 1. The molecule has 4 aromatic rings. The summed E-state index contributed by atoms with van der Waals surface area (Å²) in [6, 6.07) is 12.7. The van der Waals surface area contributed by atoms with Gasteiger partial charge in [-0.2, -0.15) is 5.10 Å². The van der Waals surface area contributed by atoms with E-state index in [1.807, 2.05) is 35.3 Å². The zero-order chi connectivity index (χ0) is 25.7. The quantitative estimate of drug-likeness (QED) is 0.320. The van der Waals surface area contributed by atoms with Gasteiger partial charge >= 0.3 is 0 Å². The van der Waals surface area contributed by atoms with E-state index >= 15 is 0 Å². The Labute approximate surface area is 218 Å². The maximum absolute atomic E-state index is 12.7. The summed E-state index contributed by atoms with van der Waals surface area (Å²) < 4.78 is 30.1. The van der Waals surface area contributed by atoms with Crippen molar-refractivity contribution in [3.05, 3.63) is 61.1 Å². The Kier molecular flexibility index (Phi) is 7.78. The van der Waals surface area contributed by atoms with E-state index in [9.17, 15) is 8.42 Å². The summed E-state index contributed by atoms with van der Waals surface area (Å²) in [5.74, 6) is 0.446. The number of hydrogen-bond donors (Lipinski definition) is 2. The van der Waals surface area contributed by atoms with Gasteiger partial charge in [0.2, 0.25) is 16.0 Å². The third kappa shape index (κ3) is 6.33. The summed E-state index contributed by atoms with van der Waals surface area (Å²) in [6.07, 6.45) is 10.4. The minimum atomic E-state index is -3.56. The number of rotatable bonds is 10. The molecule has 0 radical (unpaired) electrons. The molecule has 0 bridgehead atoms. The Bertz CT molecular complexity index is 1450. The highest BCUT2D eigenvalue weighted by molar-refractivity contribution is 7.89. The van der Waals surface area contributed by atoms with Gasteiger partial charge in [-0.05, 0) is 68.2 Å². The van der Waals surface area contributed by atoms with Gasteiger partial charge in [-0.1, -0.05) is 25.5 Å². The van der Waals surface area contributed by atoms with Crippen LogP contribution in [0.3, 0.4) is 0 Å². The van der Waals surface area contributed by atoms with Crippen LogP contribution in [0, 0.1) is 0 Å². The zero-order valence-electron chi connectivity index (χ0n) is 21.1. The minimum Gasteiger partial charge on any atom is -0.324 e. The number of anilines is 2. The van der Waals surface area contributed by atoms with Gasteiger partial charge in [-0.15, -0.1) is 0 Å². The first-order valence-corrected chi connectivity index (χ1v) is 14.4. The summed E-state index contributed by atoms with van der Waals surface area (Å²) in [4.78, 5) is 11.6. The first kappa shape index (κ1) is 25.3. The number of hydrogen-bond acceptors (Lipinski definition) is 7. The van der Waals surface area contributed by atoms with Crippen LogP contribution < -0.4 is 10.0 Å². The second-order valence-corrected chi connectivity index (χ2v) is 11.2. The average Bonchev–Trinajstić information content (AvgIpc) is 3.38. The van der Waals surface area contributed by atoms with E-state index in [4.69, 9.17) is 0 Å². The Morgan fingerprint density at radius 2 is 1.76 bits per heavy atom. The summed E-state index contributed by atoms with van der Waals surface area (Å²) in [6.45, 7) is 6.26. The summed E-state index contributed by atoms with van der Waals surface area (Å²) in [7, 11) is -3.56. The number of benzene rings is 2. The van der Waals surface area contributed by atoms with E-state index in [2.05, 4.69) is 36.9 Å². The van der Waals surface area contributed by atoms with Crippen LogP contribution in [0.5, 0.6) is 0 Å². The molecular formula is C27H33N7O2S. The van der Waals surface area contributed by atoms with E-state index in [1.165, 1.54) is 19.3 Å². The number of likely N-dealkylation sites (tertiary alicyclic amines) is 1. The van der Waals surface area contributed by atoms with E-state index in [-0.39, 0.29) is 4.90 Å². The lowest BCUT2D eigenvalue weighted by molar-refractivity contribution is 0.233. The molecule has 0 atom stereocenters. The smallest absolute Gasteiger partial charge is 0.240 e. The predicted octanol–water partition coefficient (Wildman–Crippen LogP) is 4.41. The van der Waals surface area contributed by atoms with Gasteiger partial charge in [-0.3, -0.25) is 4.68 Å². The normalized spacial score (nSPS) is 14.7. The van der Waals surface area contributed by atoms with Crippen LogP contribution in [0.2, 0.25) is 0 Å². The Morgan fingerprint density at radius 3 is 2.54 bits per heavy atom. The third-order valence-electron chi connectivity index (χ3n) is 6.59. The summed E-state index contributed by atoms with van der Waals surface area (Å²) in [5.41, 5.74) is 3.62. The Balaban J connectivity index is 1.24. The molecule has 1 fully saturated rings. The molecule has 37 heavy (non-hydrogen) atoms. The standard InChI is InChI=1S/C27H33N7O2S/c1-2-13-34-20-23(19-29-34)21-6-7-22-18-28-27(32-26(22)17-21)31-24-8-10-25(11-9-24)37(35,36)30-12-16-33-14-4-3-5-15-33/h6-11,17-20,30H,2-5,12-16H2,1H3,(H,28,31,32). The van der Waals surface area contributed by atoms with Crippen molar-refractivity contribution >= 4 is 32.6 Å². The number of piperidine rings is 1. The fourth-order valence-corrected chi connectivity index (χ4v) is 5.60. The van der Waals surface area contributed by atoms with Gasteiger partial charge in [0.15, 0.2) is 0 Å². The fourth-order valence-electron chi connectivity index (χ4n) is 4.58. The lowest BCUT2D eigenvalue weighted by atomic mass is 10.1. The van der Waals surface area contributed by atoms with Gasteiger partial charge in [0.05, 0.1) is 16.6 Å². The van der Waals surface area contributed by atoms with E-state index in [0.717, 1.165) is 54.6 Å². The van der Waals surface area contributed by atoms with Crippen molar-refractivity contribution in [2.45, 2.75) is 44.0 Å². The van der Waals surface area contributed by atoms with Crippen LogP contribution >= 0.6 is 0 Å². The second kappa shape index (κ2) is 11.4. The Hall–Kier alpha value is -3.34. The van der Waals surface area contributed by atoms with Crippen molar-refractivity contribution in [2.75, 3.05) is 31.5 Å². The first-order valence-electron chi connectivity index (χ1n) is 12.9. The molecule has 1 aliphatic heterocycles. The van der Waals surface area contributed by atoms with Gasteiger partial charge in [-0.25, -0.2) is 23.1 Å². The lowest BCUT2D eigenvalue weighted by Crippen LogP contribution is -2.37. The monoisotopic (exact) mass is 519 g/mol. The van der Waals surface area contributed by atoms with Gasteiger partial charge in [0.1, 0.15) is 0 Å². The fraction of sp³-hybridized carbons (Fsp3) is 0.370. The molecule has 2 aromatic heterocycles. The number of fused-ring (bicyclic) bond motifs is 1. The Morgan fingerprint density at radius 1 is 0.946 bits per heavy atom. The van der Waals surface area contributed by atoms with Crippen LogP contribution in [0.15, 0.2) is 66.0 Å². The molecule has 0 spiro atoms. The third-order valence-corrected chi connectivity index (χ3v) is 8.07. The van der Waals surface area contributed by atoms with Crippen molar-refractivity contribution in [1.29, 1.82) is 0 Å². The van der Waals surface area contributed by atoms with E-state index in [0.29, 0.717) is 18.2 Å². The molecule has 0 aliphatic carbocycles. The first-order chi connectivity index (χ1) is 18.0. The highest BCUT2D eigenvalue weighted by Gasteiger charge is 2.15. The van der Waals surface area contributed by atoms with Crippen molar-refractivity contribution < 1.29 is 8.42 Å².